The van der Waals surface area contributed by atoms with Crippen LogP contribution in [0.5, 0.6) is 0 Å². The van der Waals surface area contributed by atoms with Gasteiger partial charge in [0, 0.05) is 40.2 Å². The van der Waals surface area contributed by atoms with E-state index in [1.807, 2.05) is 121 Å². The molecule has 2 nitrogen and oxygen atoms in total. The molecule has 0 amide bonds. The molecule has 0 saturated heterocycles. The van der Waals surface area contributed by atoms with E-state index >= 15 is 0 Å². The Hall–Kier alpha value is -3.52. The van der Waals surface area contributed by atoms with Gasteiger partial charge in [0.1, 0.15) is 0 Å². The Kier molecular flexibility index (Phi) is 23.5. The Morgan fingerprint density at radius 1 is 0.283 bits per heavy atom. The van der Waals surface area contributed by atoms with Crippen LogP contribution in [0.2, 0.25) is 0 Å². The van der Waals surface area contributed by atoms with E-state index in [4.69, 9.17) is 0 Å². The van der Waals surface area contributed by atoms with Crippen LogP contribution < -0.4 is 0 Å². The van der Waals surface area contributed by atoms with E-state index in [-0.39, 0.29) is 40.2 Å². The van der Waals surface area contributed by atoms with E-state index in [9.17, 15) is 10.8 Å². The van der Waals surface area contributed by atoms with Crippen LogP contribution in [-0.2, 0) is 40.2 Å². The van der Waals surface area contributed by atoms with E-state index < -0.39 is 0 Å². The summed E-state index contributed by atoms with van der Waals surface area (Å²) in [6.45, 7) is 0. The van der Waals surface area contributed by atoms with Crippen molar-refractivity contribution in [1.82, 2.24) is 0 Å². The molecule has 0 saturated carbocycles. The van der Waals surface area contributed by atoms with Crippen molar-refractivity contribution in [3.05, 3.63) is 203 Å². The maximum absolute atomic E-state index is 9.91. The van der Waals surface area contributed by atoms with Gasteiger partial charge in [-0.3, -0.25) is 0 Å². The van der Waals surface area contributed by atoms with Crippen molar-refractivity contribution in [2.24, 2.45) is 0 Å². The predicted molar refractivity (Wildman–Crippen MR) is 192 cm³/mol. The number of rotatable bonds is 4. The molecule has 0 aliphatic heterocycles. The van der Waals surface area contributed by atoms with Gasteiger partial charge in [-0.15, -0.1) is 11.4 Å². The molecule has 2 radical (unpaired) electrons. The molecule has 0 fully saturated rings. The van der Waals surface area contributed by atoms with Crippen LogP contribution in [0.4, 0.5) is 0 Å². The average Bonchev–Trinajstić information content (AvgIpc) is 3.06. The van der Waals surface area contributed by atoms with Gasteiger partial charge in [-0.1, -0.05) is 170 Å². The van der Waals surface area contributed by atoms with Gasteiger partial charge in [0.2, 0.25) is 0 Å². The van der Waals surface area contributed by atoms with Gasteiger partial charge in [0.25, 0.3) is 0 Å². The summed E-state index contributed by atoms with van der Waals surface area (Å²) in [6.07, 6.45) is 28.0. The zero-order chi connectivity index (χ0) is 30.9. The van der Waals surface area contributed by atoms with Crippen molar-refractivity contribution in [3.8, 4) is 0 Å². The third kappa shape index (κ3) is 17.2. The van der Waals surface area contributed by atoms with Gasteiger partial charge in [-0.25, -0.2) is 0 Å². The zero-order valence-corrected chi connectivity index (χ0v) is 31.2. The van der Waals surface area contributed by atoms with Crippen molar-refractivity contribution in [2.45, 2.75) is 51.4 Å². The quantitative estimate of drug-likeness (QED) is 0.145. The summed E-state index contributed by atoms with van der Waals surface area (Å²) in [5.74, 6) is 0. The molecule has 4 aromatic carbocycles. The van der Waals surface area contributed by atoms with Gasteiger partial charge in [0.15, 0.2) is 0 Å². The van der Waals surface area contributed by atoms with Crippen LogP contribution in [0.25, 0.3) is 10.8 Å². The SMILES string of the molecule is C1=C\CC/C=C\CC/1.C1=C\CC/C=C\CC/1.[Ir].[Ir].[N-]=C(c1ccccc1)c1ccccc1.[N-]=C(c1ccccc1)c1ccccc1. The standard InChI is InChI=1S/2C13H10N.2C8H12.2Ir/c2*14-13(11-7-3-1-4-8-11)12-9-5-2-6-10-12;2*1-2-4-6-8-7-5-3-1;;/h2*1-10H;2*1-2,7-8H,3-6H2;;/q2*-1;;;;/b;;2*2-1-,8-7-;;. The summed E-state index contributed by atoms with van der Waals surface area (Å²) < 4.78 is 0. The fraction of sp³-hybridized carbons (Fsp3) is 0.190. The van der Waals surface area contributed by atoms with Crippen molar-refractivity contribution < 1.29 is 40.2 Å². The number of hydrogen-bond acceptors (Lipinski definition) is 0. The van der Waals surface area contributed by atoms with Gasteiger partial charge in [-0.2, -0.15) is 0 Å². The molecular weight excluding hydrogens is 917 g/mol. The predicted octanol–water partition coefficient (Wildman–Crippen LogP) is 11.5. The molecule has 0 unspecified atom stereocenters. The van der Waals surface area contributed by atoms with E-state index in [1.165, 1.54) is 51.4 Å². The van der Waals surface area contributed by atoms with Crippen LogP contribution in [0.1, 0.15) is 73.6 Å². The maximum Gasteiger partial charge on any atom is 0 e. The normalized spacial score (nSPS) is 15.7. The minimum Gasteiger partial charge on any atom is -0.803 e. The third-order valence-corrected chi connectivity index (χ3v) is 6.86. The van der Waals surface area contributed by atoms with Gasteiger partial charge in [-0.05, 0) is 73.6 Å². The molecule has 0 heterocycles. The van der Waals surface area contributed by atoms with Crippen LogP contribution in [-0.4, -0.2) is 11.4 Å². The molecule has 242 valence electrons. The zero-order valence-electron chi connectivity index (χ0n) is 26.4. The summed E-state index contributed by atoms with van der Waals surface area (Å²) in [7, 11) is 0. The summed E-state index contributed by atoms with van der Waals surface area (Å²) in [6, 6.07) is 38.1. The first kappa shape index (κ1) is 40.5. The maximum atomic E-state index is 9.91. The number of allylic oxidation sites excluding steroid dienone is 8. The Morgan fingerprint density at radius 2 is 0.435 bits per heavy atom. The molecule has 4 aromatic rings. The Balaban J connectivity index is 0.000000312. The van der Waals surface area contributed by atoms with E-state index in [1.54, 1.807) is 0 Å². The molecule has 6 rings (SSSR count). The topological polar surface area (TPSA) is 44.6 Å². The minimum atomic E-state index is 0. The number of hydrogen-bond donors (Lipinski definition) is 0. The Labute approximate surface area is 304 Å². The summed E-state index contributed by atoms with van der Waals surface area (Å²) in [4.78, 5) is 0. The minimum absolute atomic E-state index is 0. The average molecular weight is 961 g/mol. The van der Waals surface area contributed by atoms with Gasteiger partial charge >= 0.3 is 0 Å². The molecular formula is C42H44Ir2N2-2. The molecule has 0 N–H and O–H groups in total. The second-order valence-corrected chi connectivity index (χ2v) is 10.4. The second-order valence-electron chi connectivity index (χ2n) is 10.4. The van der Waals surface area contributed by atoms with Crippen molar-refractivity contribution in [3.63, 3.8) is 0 Å². The first-order valence-corrected chi connectivity index (χ1v) is 15.7. The molecule has 0 aromatic heterocycles. The number of benzene rings is 4. The fourth-order valence-corrected chi connectivity index (χ4v) is 4.43. The van der Waals surface area contributed by atoms with Crippen LogP contribution in [0, 0.1) is 0 Å². The van der Waals surface area contributed by atoms with Crippen molar-refractivity contribution >= 4 is 11.4 Å². The summed E-state index contributed by atoms with van der Waals surface area (Å²) >= 11 is 0. The molecule has 0 atom stereocenters. The van der Waals surface area contributed by atoms with Crippen molar-refractivity contribution in [2.75, 3.05) is 0 Å². The monoisotopic (exact) mass is 962 g/mol. The van der Waals surface area contributed by atoms with Crippen LogP contribution >= 0.6 is 0 Å². The van der Waals surface area contributed by atoms with E-state index in [0.717, 1.165) is 22.3 Å². The first-order valence-electron chi connectivity index (χ1n) is 15.7. The fourth-order valence-electron chi connectivity index (χ4n) is 4.43. The number of nitrogens with zero attached hydrogens (tertiary/aromatic N) is 2. The van der Waals surface area contributed by atoms with Gasteiger partial charge in [0.05, 0.1) is 0 Å². The molecule has 0 bridgehead atoms. The molecule has 2 aliphatic rings. The Morgan fingerprint density at radius 3 is 0.587 bits per heavy atom. The van der Waals surface area contributed by atoms with E-state index in [0.29, 0.717) is 11.4 Å². The van der Waals surface area contributed by atoms with Crippen LogP contribution in [0.3, 0.4) is 0 Å². The smallest absolute Gasteiger partial charge is 0 e. The van der Waals surface area contributed by atoms with Crippen molar-refractivity contribution in [1.29, 1.82) is 0 Å². The second kappa shape index (κ2) is 26.7. The largest absolute Gasteiger partial charge is 0.803 e. The Bertz CT molecular complexity index is 1210. The summed E-state index contributed by atoms with van der Waals surface area (Å²) in [5, 5.41) is 19.8. The molecule has 4 heteroatoms. The van der Waals surface area contributed by atoms with E-state index in [2.05, 4.69) is 48.6 Å². The summed E-state index contributed by atoms with van der Waals surface area (Å²) in [5.41, 5.74) is 4.03. The molecule has 2 aliphatic carbocycles. The molecule has 0 spiro atoms. The molecule has 46 heavy (non-hydrogen) atoms. The van der Waals surface area contributed by atoms with Crippen LogP contribution in [0.15, 0.2) is 170 Å². The van der Waals surface area contributed by atoms with Gasteiger partial charge < -0.3 is 10.8 Å². The first-order chi connectivity index (χ1) is 21.8. The third-order valence-electron chi connectivity index (χ3n) is 6.86.